The van der Waals surface area contributed by atoms with E-state index >= 15 is 0 Å². The molecule has 0 spiro atoms. The van der Waals surface area contributed by atoms with E-state index in [4.69, 9.17) is 0 Å². The van der Waals surface area contributed by atoms with Gasteiger partial charge in [-0.2, -0.15) is 0 Å². The first-order valence-electron chi connectivity index (χ1n) is 5.28. The van der Waals surface area contributed by atoms with E-state index in [9.17, 15) is 0 Å². The Labute approximate surface area is 86.1 Å². The van der Waals surface area contributed by atoms with E-state index < -0.39 is 0 Å². The van der Waals surface area contributed by atoms with Crippen molar-refractivity contribution in [3.63, 3.8) is 0 Å². The summed E-state index contributed by atoms with van der Waals surface area (Å²) in [6.07, 6.45) is 4.50. The molecule has 14 heavy (non-hydrogen) atoms. The lowest BCUT2D eigenvalue weighted by Gasteiger charge is -2.32. The fraction of sp³-hybridized carbons (Fsp3) is 0.385. The van der Waals surface area contributed by atoms with Gasteiger partial charge in [0, 0.05) is 18.3 Å². The number of benzene rings is 1. The summed E-state index contributed by atoms with van der Waals surface area (Å²) in [5, 5.41) is 0. The minimum absolute atomic E-state index is 0.523. The molecular weight excluding hydrogens is 170 g/mol. The highest BCUT2D eigenvalue weighted by Crippen LogP contribution is 2.29. The predicted octanol–water partition coefficient (Wildman–Crippen LogP) is 3.24. The summed E-state index contributed by atoms with van der Waals surface area (Å²) in [5.41, 5.74) is 4.05. The first-order valence-corrected chi connectivity index (χ1v) is 5.28. The fourth-order valence-electron chi connectivity index (χ4n) is 2.09. The number of rotatable bonds is 1. The minimum Gasteiger partial charge on any atom is -0.365 e. The molecule has 0 saturated heterocycles. The van der Waals surface area contributed by atoms with Crippen LogP contribution >= 0.6 is 0 Å². The second-order valence-electron chi connectivity index (χ2n) is 3.95. The first-order chi connectivity index (χ1) is 6.72. The molecule has 1 aromatic rings. The minimum atomic E-state index is 0.523. The van der Waals surface area contributed by atoms with Crippen LogP contribution in [0.5, 0.6) is 0 Å². The van der Waals surface area contributed by atoms with Crippen LogP contribution in [0.3, 0.4) is 0 Å². The highest BCUT2D eigenvalue weighted by Gasteiger charge is 2.16. The Morgan fingerprint density at radius 1 is 1.36 bits per heavy atom. The van der Waals surface area contributed by atoms with Crippen molar-refractivity contribution in [3.8, 4) is 0 Å². The van der Waals surface area contributed by atoms with Crippen LogP contribution in [0.2, 0.25) is 0 Å². The Kier molecular flexibility index (Phi) is 2.32. The average molecular weight is 187 g/mol. The molecule has 1 aromatic carbocycles. The van der Waals surface area contributed by atoms with E-state index in [1.807, 2.05) is 0 Å². The fourth-order valence-corrected chi connectivity index (χ4v) is 2.09. The molecule has 1 unspecified atom stereocenters. The maximum absolute atomic E-state index is 2.43. The molecule has 74 valence electrons. The molecule has 1 aliphatic rings. The van der Waals surface area contributed by atoms with Crippen molar-refractivity contribution >= 4 is 11.8 Å². The Morgan fingerprint density at radius 2 is 2.14 bits per heavy atom. The van der Waals surface area contributed by atoms with E-state index in [1.54, 1.807) is 0 Å². The molecule has 0 fully saturated rings. The normalized spacial score (nSPS) is 19.6. The Morgan fingerprint density at radius 3 is 2.86 bits per heavy atom. The Bertz CT molecular complexity index is 365. The van der Waals surface area contributed by atoms with Gasteiger partial charge in [0.25, 0.3) is 0 Å². The molecule has 1 aliphatic heterocycles. The first kappa shape index (κ1) is 9.32. The highest BCUT2D eigenvalue weighted by molar-refractivity contribution is 5.72. The highest BCUT2D eigenvalue weighted by atomic mass is 15.2. The molecule has 1 heteroatoms. The topological polar surface area (TPSA) is 3.24 Å². The van der Waals surface area contributed by atoms with Crippen molar-refractivity contribution in [2.75, 3.05) is 11.4 Å². The van der Waals surface area contributed by atoms with Crippen LogP contribution in [0.15, 0.2) is 24.3 Å². The second-order valence-corrected chi connectivity index (χ2v) is 3.95. The standard InChI is InChI=1S/C13H17N/c1-4-14-11(3)6-7-12-9-10(2)5-8-13(12)14/h5-9,11H,4H2,1-3H3. The van der Waals surface area contributed by atoms with Crippen molar-refractivity contribution < 1.29 is 0 Å². The van der Waals surface area contributed by atoms with Crippen molar-refractivity contribution in [1.29, 1.82) is 0 Å². The van der Waals surface area contributed by atoms with Gasteiger partial charge in [0.05, 0.1) is 0 Å². The molecule has 0 aromatic heterocycles. The molecule has 0 amide bonds. The van der Waals surface area contributed by atoms with Crippen LogP contribution in [-0.2, 0) is 0 Å². The molecule has 0 saturated carbocycles. The molecule has 0 bridgehead atoms. The van der Waals surface area contributed by atoms with E-state index in [0.29, 0.717) is 6.04 Å². The number of anilines is 1. The number of aryl methyl sites for hydroxylation is 1. The van der Waals surface area contributed by atoms with Gasteiger partial charge in [-0.25, -0.2) is 0 Å². The molecule has 2 rings (SSSR count). The summed E-state index contributed by atoms with van der Waals surface area (Å²) < 4.78 is 0. The number of nitrogens with zero attached hydrogens (tertiary/aromatic N) is 1. The zero-order valence-corrected chi connectivity index (χ0v) is 9.12. The van der Waals surface area contributed by atoms with Gasteiger partial charge in [-0.3, -0.25) is 0 Å². The van der Waals surface area contributed by atoms with Gasteiger partial charge in [-0.1, -0.05) is 23.8 Å². The molecule has 0 aliphatic carbocycles. The third-order valence-corrected chi connectivity index (χ3v) is 2.88. The number of likely N-dealkylation sites (N-methyl/N-ethyl adjacent to an activating group) is 1. The predicted molar refractivity (Wildman–Crippen MR) is 62.7 cm³/mol. The van der Waals surface area contributed by atoms with E-state index in [1.165, 1.54) is 16.8 Å². The second kappa shape index (κ2) is 3.49. The van der Waals surface area contributed by atoms with E-state index in [-0.39, 0.29) is 0 Å². The quantitative estimate of drug-likeness (QED) is 0.652. The van der Waals surface area contributed by atoms with E-state index in [0.717, 1.165) is 6.54 Å². The van der Waals surface area contributed by atoms with Gasteiger partial charge in [0.15, 0.2) is 0 Å². The summed E-state index contributed by atoms with van der Waals surface area (Å²) in [4.78, 5) is 2.43. The van der Waals surface area contributed by atoms with Crippen LogP contribution in [0.4, 0.5) is 5.69 Å². The summed E-state index contributed by atoms with van der Waals surface area (Å²) in [5.74, 6) is 0. The average Bonchev–Trinajstić information content (AvgIpc) is 2.18. The molecule has 1 heterocycles. The zero-order valence-electron chi connectivity index (χ0n) is 9.12. The number of hydrogen-bond donors (Lipinski definition) is 0. The largest absolute Gasteiger partial charge is 0.365 e. The van der Waals surface area contributed by atoms with Gasteiger partial charge in [-0.15, -0.1) is 0 Å². The third kappa shape index (κ3) is 1.43. The van der Waals surface area contributed by atoms with Gasteiger partial charge >= 0.3 is 0 Å². The van der Waals surface area contributed by atoms with Crippen molar-refractivity contribution in [1.82, 2.24) is 0 Å². The monoisotopic (exact) mass is 187 g/mol. The smallest absolute Gasteiger partial charge is 0.0448 e. The maximum atomic E-state index is 2.43. The molecular formula is C13H17N. The van der Waals surface area contributed by atoms with Crippen molar-refractivity contribution in [2.24, 2.45) is 0 Å². The lowest BCUT2D eigenvalue weighted by Crippen LogP contribution is -2.33. The zero-order chi connectivity index (χ0) is 10.1. The van der Waals surface area contributed by atoms with Crippen molar-refractivity contribution in [3.05, 3.63) is 35.4 Å². The van der Waals surface area contributed by atoms with Gasteiger partial charge in [-0.05, 0) is 38.5 Å². The molecule has 0 N–H and O–H groups in total. The van der Waals surface area contributed by atoms with Crippen LogP contribution < -0.4 is 4.90 Å². The molecule has 1 atom stereocenters. The molecule has 1 nitrogen and oxygen atoms in total. The van der Waals surface area contributed by atoms with Crippen LogP contribution in [-0.4, -0.2) is 12.6 Å². The summed E-state index contributed by atoms with van der Waals surface area (Å²) in [6, 6.07) is 7.19. The lowest BCUT2D eigenvalue weighted by molar-refractivity contribution is 0.753. The van der Waals surface area contributed by atoms with Gasteiger partial charge < -0.3 is 4.90 Å². The van der Waals surface area contributed by atoms with Crippen LogP contribution in [0.1, 0.15) is 25.0 Å². The van der Waals surface area contributed by atoms with Gasteiger partial charge in [0.2, 0.25) is 0 Å². The Hall–Kier alpha value is -1.24. The Balaban J connectivity index is 2.49. The summed E-state index contributed by atoms with van der Waals surface area (Å²) >= 11 is 0. The van der Waals surface area contributed by atoms with Crippen LogP contribution in [0, 0.1) is 6.92 Å². The lowest BCUT2D eigenvalue weighted by atomic mass is 10.0. The summed E-state index contributed by atoms with van der Waals surface area (Å²) in [7, 11) is 0. The number of hydrogen-bond acceptors (Lipinski definition) is 1. The SMILES string of the molecule is CCN1c2ccc(C)cc2C=CC1C. The van der Waals surface area contributed by atoms with Gasteiger partial charge in [0.1, 0.15) is 0 Å². The number of fused-ring (bicyclic) bond motifs is 1. The maximum Gasteiger partial charge on any atom is 0.0448 e. The summed E-state index contributed by atoms with van der Waals surface area (Å²) in [6.45, 7) is 7.66. The van der Waals surface area contributed by atoms with Crippen LogP contribution in [0.25, 0.3) is 6.08 Å². The van der Waals surface area contributed by atoms with Crippen molar-refractivity contribution in [2.45, 2.75) is 26.8 Å². The van der Waals surface area contributed by atoms with E-state index in [2.05, 4.69) is 56.0 Å². The molecule has 0 radical (unpaired) electrons. The third-order valence-electron chi connectivity index (χ3n) is 2.88.